The van der Waals surface area contributed by atoms with E-state index in [-0.39, 0.29) is 0 Å². The first-order chi connectivity index (χ1) is 3.91. The highest BCUT2D eigenvalue weighted by molar-refractivity contribution is 4.89. The third-order valence-electron chi connectivity index (χ3n) is 0.250. The second-order valence-corrected chi connectivity index (χ2v) is 2.67. The van der Waals surface area contributed by atoms with Crippen LogP contribution in [0.5, 0.6) is 0 Å². The number of hydrogen-bond donors (Lipinski definition) is 1. The molecule has 1 heteroatoms. The monoisotopic (exact) mass is 128 g/mol. The van der Waals surface area contributed by atoms with E-state index in [1.165, 1.54) is 0 Å². The van der Waals surface area contributed by atoms with Gasteiger partial charge in [-0.2, -0.15) is 0 Å². The van der Waals surface area contributed by atoms with E-state index in [0.29, 0.717) is 0 Å². The molecule has 0 fully saturated rings. The summed E-state index contributed by atoms with van der Waals surface area (Å²) in [5, 5.41) is 8.52. The minimum Gasteiger partial charge on any atom is -0.391 e. The van der Waals surface area contributed by atoms with Gasteiger partial charge in [-0.25, -0.2) is 0 Å². The molecule has 0 rings (SSSR count). The molecule has 0 heterocycles. The summed E-state index contributed by atoms with van der Waals surface area (Å²) in [4.78, 5) is 0. The van der Waals surface area contributed by atoms with Crippen molar-refractivity contribution < 1.29 is 5.11 Å². The predicted molar refractivity (Wildman–Crippen MR) is 41.1 cm³/mol. The van der Waals surface area contributed by atoms with Crippen molar-refractivity contribution in [3.63, 3.8) is 0 Å². The number of aliphatic hydroxyl groups is 1. The maximum Gasteiger partial charge on any atom is 0.0563 e. The molecule has 0 aliphatic heterocycles. The fourth-order valence-corrected chi connectivity index (χ4v) is 0. The third kappa shape index (κ3) is 847. The maximum absolute atomic E-state index is 8.52. The molecule has 0 aliphatic carbocycles. The van der Waals surface area contributed by atoms with E-state index in [4.69, 9.17) is 5.11 Å². The zero-order valence-electron chi connectivity index (χ0n) is 6.95. The zero-order valence-corrected chi connectivity index (χ0v) is 6.95. The van der Waals surface area contributed by atoms with Crippen molar-refractivity contribution in [2.45, 2.75) is 40.2 Å². The van der Waals surface area contributed by atoms with Crippen molar-refractivity contribution >= 4 is 0 Å². The van der Waals surface area contributed by atoms with Crippen LogP contribution < -0.4 is 0 Å². The molecule has 0 saturated heterocycles. The molecule has 0 aromatic carbocycles. The SMILES string of the molecule is CC#CC.CC(C)(C)O. The lowest BCUT2D eigenvalue weighted by molar-refractivity contribution is 0.102. The lowest BCUT2D eigenvalue weighted by Gasteiger charge is -2.04. The van der Waals surface area contributed by atoms with E-state index in [0.717, 1.165) is 0 Å². The summed E-state index contributed by atoms with van der Waals surface area (Å²) in [5.74, 6) is 5.36. The van der Waals surface area contributed by atoms with Gasteiger partial charge in [0.05, 0.1) is 5.60 Å². The molecule has 1 nitrogen and oxygen atoms in total. The highest BCUT2D eigenvalue weighted by atomic mass is 16.3. The summed E-state index contributed by atoms with van der Waals surface area (Å²) >= 11 is 0. The topological polar surface area (TPSA) is 20.2 Å². The van der Waals surface area contributed by atoms with Gasteiger partial charge in [0, 0.05) is 0 Å². The molecular formula is C8H16O. The van der Waals surface area contributed by atoms with Gasteiger partial charge >= 0.3 is 0 Å². The summed E-state index contributed by atoms with van der Waals surface area (Å²) in [6.45, 7) is 8.87. The Labute approximate surface area is 58.1 Å². The van der Waals surface area contributed by atoms with Crippen molar-refractivity contribution in [1.29, 1.82) is 0 Å². The fourth-order valence-electron chi connectivity index (χ4n) is 0. The van der Waals surface area contributed by atoms with E-state index in [2.05, 4.69) is 11.8 Å². The first-order valence-corrected chi connectivity index (χ1v) is 2.97. The number of hydrogen-bond acceptors (Lipinski definition) is 1. The van der Waals surface area contributed by atoms with Crippen LogP contribution in [0.25, 0.3) is 0 Å². The average molecular weight is 128 g/mol. The molecule has 0 saturated carbocycles. The van der Waals surface area contributed by atoms with Gasteiger partial charge in [-0.15, -0.1) is 11.8 Å². The standard InChI is InChI=1S/C4H10O.C4H6/c1-4(2,3)5;1-3-4-2/h5H,1-3H3;1-2H3. The van der Waals surface area contributed by atoms with Crippen molar-refractivity contribution in [2.24, 2.45) is 0 Å². The molecule has 0 aromatic heterocycles. The van der Waals surface area contributed by atoms with Crippen LogP contribution in [0.2, 0.25) is 0 Å². The lowest BCUT2D eigenvalue weighted by Crippen LogP contribution is -2.10. The normalized spacial score (nSPS) is 8.22. The minimum absolute atomic E-state index is 0.500. The predicted octanol–water partition coefficient (Wildman–Crippen LogP) is 1.81. The molecule has 0 radical (unpaired) electrons. The van der Waals surface area contributed by atoms with Crippen molar-refractivity contribution in [3.8, 4) is 11.8 Å². The minimum atomic E-state index is -0.500. The second-order valence-electron chi connectivity index (χ2n) is 2.67. The molecule has 0 unspecified atom stereocenters. The van der Waals surface area contributed by atoms with E-state index in [9.17, 15) is 0 Å². The molecule has 54 valence electrons. The van der Waals surface area contributed by atoms with E-state index < -0.39 is 5.60 Å². The lowest BCUT2D eigenvalue weighted by atomic mass is 10.2. The number of rotatable bonds is 0. The van der Waals surface area contributed by atoms with Gasteiger partial charge in [0.15, 0.2) is 0 Å². The van der Waals surface area contributed by atoms with Crippen LogP contribution in [0.3, 0.4) is 0 Å². The maximum atomic E-state index is 8.52. The van der Waals surface area contributed by atoms with Crippen LogP contribution in [0.1, 0.15) is 34.6 Å². The van der Waals surface area contributed by atoms with E-state index in [1.807, 2.05) is 13.8 Å². The molecule has 0 atom stereocenters. The van der Waals surface area contributed by atoms with Gasteiger partial charge in [-0.05, 0) is 34.6 Å². The third-order valence-corrected chi connectivity index (χ3v) is 0.250. The summed E-state index contributed by atoms with van der Waals surface area (Å²) in [5.41, 5.74) is -0.500. The summed E-state index contributed by atoms with van der Waals surface area (Å²) < 4.78 is 0. The van der Waals surface area contributed by atoms with Crippen LogP contribution >= 0.6 is 0 Å². The van der Waals surface area contributed by atoms with Gasteiger partial charge < -0.3 is 5.11 Å². The second kappa shape index (κ2) is 5.65. The van der Waals surface area contributed by atoms with Gasteiger partial charge in [0.25, 0.3) is 0 Å². The summed E-state index contributed by atoms with van der Waals surface area (Å²) in [6, 6.07) is 0. The Morgan fingerprint density at radius 1 is 1.00 bits per heavy atom. The Bertz CT molecular complexity index is 86.0. The van der Waals surface area contributed by atoms with Crippen LogP contribution in [-0.4, -0.2) is 10.7 Å². The average Bonchev–Trinajstić information content (AvgIpc) is 1.61. The molecule has 0 bridgehead atoms. The molecule has 0 spiro atoms. The Morgan fingerprint density at radius 3 is 1.11 bits per heavy atom. The largest absolute Gasteiger partial charge is 0.391 e. The molecule has 0 aliphatic rings. The van der Waals surface area contributed by atoms with Gasteiger partial charge in [0.2, 0.25) is 0 Å². The highest BCUT2D eigenvalue weighted by Gasteiger charge is 1.97. The molecule has 1 N–H and O–H groups in total. The Hall–Kier alpha value is -0.480. The van der Waals surface area contributed by atoms with Crippen LogP contribution in [0.15, 0.2) is 0 Å². The highest BCUT2D eigenvalue weighted by Crippen LogP contribution is 1.93. The Morgan fingerprint density at radius 2 is 1.11 bits per heavy atom. The van der Waals surface area contributed by atoms with Crippen molar-refractivity contribution in [3.05, 3.63) is 0 Å². The molecular weight excluding hydrogens is 112 g/mol. The molecule has 0 aromatic rings. The first kappa shape index (κ1) is 11.3. The van der Waals surface area contributed by atoms with Crippen LogP contribution in [0, 0.1) is 11.8 Å². The molecule has 0 amide bonds. The smallest absolute Gasteiger partial charge is 0.0563 e. The Balaban J connectivity index is 0. The first-order valence-electron chi connectivity index (χ1n) is 2.97. The van der Waals surface area contributed by atoms with Crippen LogP contribution in [-0.2, 0) is 0 Å². The van der Waals surface area contributed by atoms with Crippen molar-refractivity contribution in [2.75, 3.05) is 0 Å². The zero-order chi connectivity index (χ0) is 7.91. The van der Waals surface area contributed by atoms with E-state index >= 15 is 0 Å². The van der Waals surface area contributed by atoms with E-state index in [1.54, 1.807) is 20.8 Å². The summed E-state index contributed by atoms with van der Waals surface area (Å²) in [7, 11) is 0. The van der Waals surface area contributed by atoms with Crippen LogP contribution in [0.4, 0.5) is 0 Å². The molecule has 9 heavy (non-hydrogen) atoms. The van der Waals surface area contributed by atoms with Gasteiger partial charge in [-0.3, -0.25) is 0 Å². The Kier molecular flexibility index (Phi) is 7.12. The van der Waals surface area contributed by atoms with Gasteiger partial charge in [-0.1, -0.05) is 0 Å². The quantitative estimate of drug-likeness (QED) is 0.493. The summed E-state index contributed by atoms with van der Waals surface area (Å²) in [6.07, 6.45) is 0. The van der Waals surface area contributed by atoms with Gasteiger partial charge in [0.1, 0.15) is 0 Å². The fraction of sp³-hybridized carbons (Fsp3) is 0.750. The van der Waals surface area contributed by atoms with Crippen molar-refractivity contribution in [1.82, 2.24) is 0 Å².